The number of hydrogen-bond acceptors (Lipinski definition) is 1. The maximum absolute atomic E-state index is 5.24. The van der Waals surface area contributed by atoms with Crippen molar-refractivity contribution in [1.29, 1.82) is 0 Å². The Balaban J connectivity index is 3.19. The first kappa shape index (κ1) is 10.9. The third kappa shape index (κ3) is 2.63. The van der Waals surface area contributed by atoms with E-state index in [1.54, 1.807) is 10.7 Å². The molecule has 0 atom stereocenters. The van der Waals surface area contributed by atoms with Gasteiger partial charge in [0.25, 0.3) is 0 Å². The molecule has 72 valence electrons. The van der Waals surface area contributed by atoms with Crippen LogP contribution in [0.5, 0.6) is 5.75 Å². The van der Waals surface area contributed by atoms with Crippen molar-refractivity contribution in [2.24, 2.45) is 0 Å². The Bertz CT molecular complexity index is 299. The van der Waals surface area contributed by atoms with Crippen molar-refractivity contribution in [2.75, 3.05) is 7.11 Å². The summed E-state index contributed by atoms with van der Waals surface area (Å²) in [6, 6.07) is 6.41. The summed E-state index contributed by atoms with van der Waals surface area (Å²) in [4.78, 5) is 7.28. The average Bonchev–Trinajstić information content (AvgIpc) is 2.03. The molecule has 0 aliphatic carbocycles. The first-order valence-corrected chi connectivity index (χ1v) is 14.6. The number of methoxy groups -OCH3 is 1. The summed E-state index contributed by atoms with van der Waals surface area (Å²) in [6.07, 6.45) is 0. The quantitative estimate of drug-likeness (QED) is 0.759. The van der Waals surface area contributed by atoms with E-state index in [1.807, 2.05) is 6.07 Å². The van der Waals surface area contributed by atoms with E-state index in [0.717, 1.165) is 5.75 Å². The minimum absolute atomic E-state index is 0.993. The molecule has 13 heavy (non-hydrogen) atoms. The van der Waals surface area contributed by atoms with Crippen molar-refractivity contribution in [2.45, 2.75) is 21.7 Å². The fourth-order valence-electron chi connectivity index (χ4n) is 1.54. The molecule has 2 heteroatoms. The number of rotatable bonds is 2. The molecule has 0 saturated heterocycles. The molecule has 0 aromatic heterocycles. The molecule has 1 rings (SSSR count). The fourth-order valence-corrected chi connectivity index (χ4v) is 6.79. The molecule has 0 aliphatic heterocycles. The Morgan fingerprint density at radius 2 is 1.77 bits per heavy atom. The molecule has 1 nitrogen and oxygen atoms in total. The van der Waals surface area contributed by atoms with Crippen molar-refractivity contribution in [3.63, 3.8) is 0 Å². The van der Waals surface area contributed by atoms with Crippen LogP contribution in [0.4, 0.5) is 0 Å². The Hall–Kier alpha value is -0.181. The van der Waals surface area contributed by atoms with Gasteiger partial charge in [0.15, 0.2) is 0 Å². The van der Waals surface area contributed by atoms with Crippen molar-refractivity contribution >= 4 is 22.0 Å². The summed E-state index contributed by atoms with van der Waals surface area (Å²) >= 11 is -1.92. The Kier molecular flexibility index (Phi) is 3.27. The van der Waals surface area contributed by atoms with E-state index < -0.39 is 18.4 Å². The molecular weight excluding hydrogens is 267 g/mol. The Morgan fingerprint density at radius 1 is 1.15 bits per heavy atom. The molecular formula is C11H18OSn. The van der Waals surface area contributed by atoms with Gasteiger partial charge in [-0.25, -0.2) is 0 Å². The van der Waals surface area contributed by atoms with Gasteiger partial charge in [0.2, 0.25) is 0 Å². The van der Waals surface area contributed by atoms with Crippen LogP contribution in [0.15, 0.2) is 18.2 Å². The first-order chi connectivity index (χ1) is 5.95. The third-order valence-electron chi connectivity index (χ3n) is 2.25. The van der Waals surface area contributed by atoms with Crippen molar-refractivity contribution in [3.05, 3.63) is 23.8 Å². The standard InChI is InChI=1S/C8H9O.3CH3.Sn/c1-7-3-5-8(9-2)6-4-7;;;;/h3,5-6H,1-2H3;3*1H3;. The molecule has 0 bridgehead atoms. The summed E-state index contributed by atoms with van der Waals surface area (Å²) < 4.78 is 6.80. The Morgan fingerprint density at radius 3 is 2.23 bits per heavy atom. The van der Waals surface area contributed by atoms with Gasteiger partial charge in [-0.15, -0.1) is 0 Å². The average molecular weight is 285 g/mol. The molecule has 0 radical (unpaired) electrons. The molecule has 0 aliphatic rings. The van der Waals surface area contributed by atoms with E-state index in [1.165, 1.54) is 5.56 Å². The van der Waals surface area contributed by atoms with Crippen LogP contribution in [0.25, 0.3) is 0 Å². The van der Waals surface area contributed by atoms with Gasteiger partial charge in [0.1, 0.15) is 0 Å². The summed E-state index contributed by atoms with van der Waals surface area (Å²) in [5.41, 5.74) is 1.42. The molecule has 0 spiro atoms. The Labute approximate surface area is 85.0 Å². The summed E-state index contributed by atoms with van der Waals surface area (Å²) in [7, 11) is 1.73. The summed E-state index contributed by atoms with van der Waals surface area (Å²) in [6.45, 7) is 2.19. The van der Waals surface area contributed by atoms with Crippen LogP contribution in [0.2, 0.25) is 14.8 Å². The third-order valence-corrected chi connectivity index (χ3v) is 8.40. The predicted octanol–water partition coefficient (Wildman–Crippen LogP) is 2.55. The van der Waals surface area contributed by atoms with Crippen molar-refractivity contribution in [3.8, 4) is 5.75 Å². The van der Waals surface area contributed by atoms with Crippen molar-refractivity contribution < 1.29 is 4.74 Å². The van der Waals surface area contributed by atoms with Crippen LogP contribution in [-0.4, -0.2) is 25.5 Å². The zero-order valence-electron chi connectivity index (χ0n) is 9.14. The molecule has 0 heterocycles. The monoisotopic (exact) mass is 286 g/mol. The maximum atomic E-state index is 5.24. The number of hydrogen-bond donors (Lipinski definition) is 0. The fraction of sp³-hybridized carbons (Fsp3) is 0.455. The van der Waals surface area contributed by atoms with Gasteiger partial charge in [-0.05, 0) is 0 Å². The molecule has 0 N–H and O–H groups in total. The second-order valence-corrected chi connectivity index (χ2v) is 18.8. The van der Waals surface area contributed by atoms with E-state index in [0.29, 0.717) is 0 Å². The van der Waals surface area contributed by atoms with Crippen LogP contribution in [-0.2, 0) is 0 Å². The zero-order chi connectivity index (χ0) is 10.1. The minimum atomic E-state index is -1.92. The first-order valence-electron chi connectivity index (χ1n) is 4.60. The molecule has 0 saturated carbocycles. The van der Waals surface area contributed by atoms with E-state index in [4.69, 9.17) is 4.74 Å². The second kappa shape index (κ2) is 3.91. The number of benzene rings is 1. The van der Waals surface area contributed by atoms with Crippen molar-refractivity contribution in [1.82, 2.24) is 0 Å². The normalized spacial score (nSPS) is 11.5. The van der Waals surface area contributed by atoms with Crippen LogP contribution < -0.4 is 8.32 Å². The van der Waals surface area contributed by atoms with E-state index in [-0.39, 0.29) is 0 Å². The SMILES string of the molecule is COc1ccc(C)[c]([Sn]([CH3])([CH3])[CH3])c1. The van der Waals surface area contributed by atoms with Gasteiger partial charge in [0, 0.05) is 0 Å². The zero-order valence-corrected chi connectivity index (χ0v) is 12.0. The molecule has 0 unspecified atom stereocenters. The predicted molar refractivity (Wildman–Crippen MR) is 60.7 cm³/mol. The van der Waals surface area contributed by atoms with E-state index in [2.05, 4.69) is 33.9 Å². The number of ether oxygens (including phenoxy) is 1. The van der Waals surface area contributed by atoms with E-state index in [9.17, 15) is 0 Å². The molecule has 0 amide bonds. The van der Waals surface area contributed by atoms with Crippen LogP contribution >= 0.6 is 0 Å². The van der Waals surface area contributed by atoms with Gasteiger partial charge in [0.05, 0.1) is 0 Å². The summed E-state index contributed by atoms with van der Waals surface area (Å²) in [5, 5.41) is 0. The molecule has 1 aromatic rings. The summed E-state index contributed by atoms with van der Waals surface area (Å²) in [5.74, 6) is 0.993. The van der Waals surface area contributed by atoms with Gasteiger partial charge >= 0.3 is 85.1 Å². The van der Waals surface area contributed by atoms with E-state index >= 15 is 0 Å². The number of aryl methyl sites for hydroxylation is 1. The van der Waals surface area contributed by atoms with Gasteiger partial charge < -0.3 is 0 Å². The molecule has 1 aromatic carbocycles. The van der Waals surface area contributed by atoms with Crippen LogP contribution in [0.3, 0.4) is 0 Å². The van der Waals surface area contributed by atoms with Gasteiger partial charge in [-0.3, -0.25) is 0 Å². The topological polar surface area (TPSA) is 9.23 Å². The van der Waals surface area contributed by atoms with Crippen LogP contribution in [0.1, 0.15) is 5.56 Å². The second-order valence-electron chi connectivity index (χ2n) is 4.43. The van der Waals surface area contributed by atoms with Crippen LogP contribution in [0, 0.1) is 6.92 Å². The van der Waals surface area contributed by atoms with Gasteiger partial charge in [-0.2, -0.15) is 0 Å². The molecule has 0 fully saturated rings. The van der Waals surface area contributed by atoms with Gasteiger partial charge in [-0.1, -0.05) is 0 Å².